The standard InChI is InChI=1S/C30H48N4O4/c1-30(2)21-17-34(29(38)24(19-12-5-3-6-13-19)32-20-14-7-4-8-15-20)25(23(21)30)28(37)33-22(26(35)27(31)36)16-18-10-9-11-18/h18-25,32H,3-17H2,1-2H3,(H2,31,36)(H,33,37)/t21-,22?,23-,24+,25?/m1/s1. The van der Waals surface area contributed by atoms with Gasteiger partial charge in [0.2, 0.25) is 17.6 Å². The van der Waals surface area contributed by atoms with E-state index < -0.39 is 23.8 Å². The van der Waals surface area contributed by atoms with E-state index in [0.717, 1.165) is 57.8 Å². The first-order valence-corrected chi connectivity index (χ1v) is 15.4. The number of nitrogens with two attached hydrogens (primary N) is 1. The summed E-state index contributed by atoms with van der Waals surface area (Å²) in [6.45, 7) is 4.93. The predicted octanol–water partition coefficient (Wildman–Crippen LogP) is 3.07. The minimum atomic E-state index is -1.01. The molecule has 5 fully saturated rings. The van der Waals surface area contributed by atoms with Crippen LogP contribution in [0, 0.1) is 29.1 Å². The van der Waals surface area contributed by atoms with Crippen molar-refractivity contribution in [3.8, 4) is 0 Å². The second-order valence-corrected chi connectivity index (χ2v) is 13.6. The van der Waals surface area contributed by atoms with E-state index in [9.17, 15) is 19.2 Å². The molecule has 0 spiro atoms. The van der Waals surface area contributed by atoms with E-state index in [1.165, 1.54) is 25.7 Å². The van der Waals surface area contributed by atoms with E-state index in [1.54, 1.807) is 0 Å². The number of hydrogen-bond acceptors (Lipinski definition) is 5. The van der Waals surface area contributed by atoms with Gasteiger partial charge in [0.1, 0.15) is 6.04 Å². The highest BCUT2D eigenvalue weighted by atomic mass is 16.2. The Morgan fingerprint density at radius 3 is 2.11 bits per heavy atom. The number of piperidine rings is 1. The smallest absolute Gasteiger partial charge is 0.287 e. The molecule has 8 nitrogen and oxygen atoms in total. The number of rotatable bonds is 10. The third kappa shape index (κ3) is 5.52. The quantitative estimate of drug-likeness (QED) is 0.376. The lowest BCUT2D eigenvalue weighted by atomic mass is 9.80. The van der Waals surface area contributed by atoms with Gasteiger partial charge in [0.15, 0.2) is 0 Å². The number of hydrogen-bond donors (Lipinski definition) is 3. The maximum Gasteiger partial charge on any atom is 0.287 e. The van der Waals surface area contributed by atoms with Gasteiger partial charge in [-0.1, -0.05) is 71.6 Å². The topological polar surface area (TPSA) is 122 Å². The van der Waals surface area contributed by atoms with E-state index in [1.807, 2.05) is 4.90 Å². The van der Waals surface area contributed by atoms with Crippen molar-refractivity contribution in [1.82, 2.24) is 15.5 Å². The molecule has 1 heterocycles. The third-order valence-electron chi connectivity index (χ3n) is 10.8. The molecule has 5 aliphatic rings. The Bertz CT molecular complexity index is 919. The number of Topliss-reactive ketones (excluding diaryl/α,β-unsaturated/α-hetero) is 1. The molecule has 4 saturated carbocycles. The summed E-state index contributed by atoms with van der Waals surface area (Å²) in [5.41, 5.74) is 5.33. The summed E-state index contributed by atoms with van der Waals surface area (Å²) in [5, 5.41) is 6.70. The molecule has 5 atom stereocenters. The molecule has 4 aliphatic carbocycles. The number of carbonyl (C=O) groups excluding carboxylic acids is 4. The van der Waals surface area contributed by atoms with Crippen LogP contribution in [0.1, 0.15) is 104 Å². The highest BCUT2D eigenvalue weighted by Gasteiger charge is 2.69. The van der Waals surface area contributed by atoms with Crippen LogP contribution in [0.15, 0.2) is 0 Å². The molecule has 0 bridgehead atoms. The first-order chi connectivity index (χ1) is 18.2. The van der Waals surface area contributed by atoms with Gasteiger partial charge < -0.3 is 21.3 Å². The molecule has 8 heteroatoms. The number of likely N-dealkylation sites (tertiary alicyclic amines) is 1. The van der Waals surface area contributed by atoms with Gasteiger partial charge in [-0.05, 0) is 61.2 Å². The van der Waals surface area contributed by atoms with Crippen LogP contribution in [0.5, 0.6) is 0 Å². The average Bonchev–Trinajstić information content (AvgIpc) is 3.21. The van der Waals surface area contributed by atoms with Gasteiger partial charge in [0.05, 0.1) is 12.1 Å². The van der Waals surface area contributed by atoms with Crippen LogP contribution in [0.3, 0.4) is 0 Å². The van der Waals surface area contributed by atoms with Gasteiger partial charge >= 0.3 is 0 Å². The fourth-order valence-electron chi connectivity index (χ4n) is 8.11. The molecule has 3 amide bonds. The number of amides is 3. The van der Waals surface area contributed by atoms with Crippen molar-refractivity contribution in [2.45, 2.75) is 128 Å². The first kappa shape index (κ1) is 27.6. The molecular formula is C30H48N4O4. The number of nitrogens with one attached hydrogen (secondary N) is 2. The molecule has 0 aromatic carbocycles. The lowest BCUT2D eigenvalue weighted by Gasteiger charge is -2.39. The summed E-state index contributed by atoms with van der Waals surface area (Å²) >= 11 is 0. The van der Waals surface area contributed by atoms with Gasteiger partial charge in [0.25, 0.3) is 5.91 Å². The van der Waals surface area contributed by atoms with Gasteiger partial charge in [-0.2, -0.15) is 0 Å². The zero-order valence-corrected chi connectivity index (χ0v) is 23.4. The molecule has 5 rings (SSSR count). The van der Waals surface area contributed by atoms with Crippen molar-refractivity contribution in [2.24, 2.45) is 34.8 Å². The number of fused-ring (bicyclic) bond motifs is 1. The minimum absolute atomic E-state index is 0.0207. The molecule has 2 unspecified atom stereocenters. The number of primary amides is 1. The zero-order chi connectivity index (χ0) is 27.0. The van der Waals surface area contributed by atoms with E-state index in [2.05, 4.69) is 24.5 Å². The summed E-state index contributed by atoms with van der Waals surface area (Å²) in [5.74, 6) is -1.00. The van der Waals surface area contributed by atoms with Gasteiger partial charge in [-0.15, -0.1) is 0 Å². The van der Waals surface area contributed by atoms with Crippen LogP contribution in [0.4, 0.5) is 0 Å². The lowest BCUT2D eigenvalue weighted by Crippen LogP contribution is -2.60. The maximum atomic E-state index is 14.3. The monoisotopic (exact) mass is 528 g/mol. The second-order valence-electron chi connectivity index (χ2n) is 13.6. The molecule has 38 heavy (non-hydrogen) atoms. The Labute approximate surface area is 227 Å². The number of carbonyl (C=O) groups is 4. The largest absolute Gasteiger partial charge is 0.363 e. The van der Waals surface area contributed by atoms with Crippen LogP contribution < -0.4 is 16.4 Å². The van der Waals surface area contributed by atoms with E-state index in [4.69, 9.17) is 5.73 Å². The summed E-state index contributed by atoms with van der Waals surface area (Å²) < 4.78 is 0. The third-order valence-corrected chi connectivity index (χ3v) is 10.8. The molecular weight excluding hydrogens is 480 g/mol. The van der Waals surface area contributed by atoms with Crippen molar-refractivity contribution in [3.63, 3.8) is 0 Å². The summed E-state index contributed by atoms with van der Waals surface area (Å²) in [6.07, 6.45) is 15.1. The maximum absolute atomic E-state index is 14.3. The zero-order valence-electron chi connectivity index (χ0n) is 23.4. The predicted molar refractivity (Wildman–Crippen MR) is 145 cm³/mol. The Kier molecular flexibility index (Phi) is 8.18. The van der Waals surface area contributed by atoms with Crippen LogP contribution >= 0.6 is 0 Å². The highest BCUT2D eigenvalue weighted by molar-refractivity contribution is 6.37. The molecule has 0 aromatic rings. The molecule has 212 valence electrons. The SMILES string of the molecule is CC1(C)[C@@H]2CN(C(=O)[C@@H](NC3CCCCC3)C3CCCCC3)C(C(=O)NC(CC3CCC3)C(=O)C(N)=O)[C@@H]21. The fourth-order valence-corrected chi connectivity index (χ4v) is 8.11. The fraction of sp³-hybridized carbons (Fsp3) is 0.867. The number of ketones is 1. The normalized spacial score (nSPS) is 31.1. The second kappa shape index (κ2) is 11.3. The van der Waals surface area contributed by atoms with Gasteiger partial charge in [-0.3, -0.25) is 19.2 Å². The van der Waals surface area contributed by atoms with Crippen molar-refractivity contribution in [2.75, 3.05) is 6.54 Å². The summed E-state index contributed by atoms with van der Waals surface area (Å²) in [6, 6.07) is -1.41. The lowest BCUT2D eigenvalue weighted by molar-refractivity contribution is -0.145. The molecule has 4 N–H and O–H groups in total. The van der Waals surface area contributed by atoms with E-state index in [-0.39, 0.29) is 35.1 Å². The summed E-state index contributed by atoms with van der Waals surface area (Å²) in [4.78, 5) is 54.5. The van der Waals surface area contributed by atoms with Crippen LogP contribution in [0.25, 0.3) is 0 Å². The average molecular weight is 529 g/mol. The van der Waals surface area contributed by atoms with Crippen LogP contribution in [-0.2, 0) is 19.2 Å². The first-order valence-electron chi connectivity index (χ1n) is 15.4. The highest BCUT2D eigenvalue weighted by Crippen LogP contribution is 2.65. The van der Waals surface area contributed by atoms with Crippen molar-refractivity contribution in [3.05, 3.63) is 0 Å². The molecule has 1 saturated heterocycles. The molecule has 0 radical (unpaired) electrons. The van der Waals surface area contributed by atoms with E-state index >= 15 is 0 Å². The van der Waals surface area contributed by atoms with Crippen molar-refractivity contribution < 1.29 is 19.2 Å². The Hall–Kier alpha value is -1.96. The van der Waals surface area contributed by atoms with Gasteiger partial charge in [-0.25, -0.2) is 0 Å². The van der Waals surface area contributed by atoms with Crippen LogP contribution in [-0.4, -0.2) is 59.1 Å². The van der Waals surface area contributed by atoms with Gasteiger partial charge in [0, 0.05) is 12.6 Å². The Morgan fingerprint density at radius 2 is 1.53 bits per heavy atom. The molecule has 0 aromatic heterocycles. The van der Waals surface area contributed by atoms with Crippen LogP contribution in [0.2, 0.25) is 0 Å². The molecule has 1 aliphatic heterocycles. The van der Waals surface area contributed by atoms with Crippen molar-refractivity contribution >= 4 is 23.5 Å². The van der Waals surface area contributed by atoms with E-state index in [0.29, 0.717) is 30.8 Å². The number of nitrogens with zero attached hydrogens (tertiary/aromatic N) is 1. The minimum Gasteiger partial charge on any atom is -0.363 e. The Balaban J connectivity index is 1.35. The van der Waals surface area contributed by atoms with Crippen molar-refractivity contribution in [1.29, 1.82) is 0 Å². The summed E-state index contributed by atoms with van der Waals surface area (Å²) in [7, 11) is 0. The Morgan fingerprint density at radius 1 is 0.895 bits per heavy atom.